The summed E-state index contributed by atoms with van der Waals surface area (Å²) in [6.45, 7) is 4.19. The van der Waals surface area contributed by atoms with Gasteiger partial charge in [0.05, 0.1) is 6.20 Å². The Morgan fingerprint density at radius 3 is 2.47 bits per heavy atom. The second-order valence-corrected chi connectivity index (χ2v) is 4.12. The molecule has 0 saturated carbocycles. The van der Waals surface area contributed by atoms with E-state index in [0.717, 1.165) is 11.4 Å². The molecular weight excluding hydrogens is 208 g/mol. The van der Waals surface area contributed by atoms with Crippen LogP contribution in [0, 0.1) is 0 Å². The lowest BCUT2D eigenvalue weighted by Crippen LogP contribution is -2.03. The molecule has 78 valence electrons. The molecule has 0 fully saturated rings. The molecule has 1 aromatic heterocycles. The SMILES string of the molecule is CC(C)n1c(Cl)cnc1-c1ccccc1. The summed E-state index contributed by atoms with van der Waals surface area (Å²) in [5.74, 6) is 0.926. The molecule has 0 unspecified atom stereocenters. The summed E-state index contributed by atoms with van der Waals surface area (Å²) in [6.07, 6.45) is 1.70. The van der Waals surface area contributed by atoms with Crippen molar-refractivity contribution in [3.63, 3.8) is 0 Å². The van der Waals surface area contributed by atoms with Crippen LogP contribution in [-0.2, 0) is 0 Å². The van der Waals surface area contributed by atoms with Crippen LogP contribution in [0.3, 0.4) is 0 Å². The molecule has 0 atom stereocenters. The van der Waals surface area contributed by atoms with E-state index in [1.165, 1.54) is 0 Å². The first-order chi connectivity index (χ1) is 7.20. The van der Waals surface area contributed by atoms with E-state index in [0.29, 0.717) is 11.2 Å². The summed E-state index contributed by atoms with van der Waals surface area (Å²) in [5, 5.41) is 0.684. The van der Waals surface area contributed by atoms with Gasteiger partial charge in [-0.15, -0.1) is 0 Å². The van der Waals surface area contributed by atoms with Gasteiger partial charge < -0.3 is 4.57 Å². The van der Waals surface area contributed by atoms with Crippen molar-refractivity contribution in [1.82, 2.24) is 9.55 Å². The Bertz CT molecular complexity index is 446. The van der Waals surface area contributed by atoms with Crippen molar-refractivity contribution in [3.05, 3.63) is 41.7 Å². The lowest BCUT2D eigenvalue weighted by molar-refractivity contribution is 0.607. The fourth-order valence-corrected chi connectivity index (χ4v) is 1.96. The number of aromatic nitrogens is 2. The molecule has 0 bridgehead atoms. The van der Waals surface area contributed by atoms with E-state index >= 15 is 0 Å². The molecule has 2 rings (SSSR count). The summed E-state index contributed by atoms with van der Waals surface area (Å²) in [6, 6.07) is 10.4. The number of hydrogen-bond acceptors (Lipinski definition) is 1. The van der Waals surface area contributed by atoms with Gasteiger partial charge in [-0.1, -0.05) is 41.9 Å². The van der Waals surface area contributed by atoms with Crippen LogP contribution in [0.25, 0.3) is 11.4 Å². The minimum absolute atomic E-state index is 0.315. The molecule has 1 heterocycles. The molecule has 2 aromatic rings. The van der Waals surface area contributed by atoms with Crippen molar-refractivity contribution in [3.8, 4) is 11.4 Å². The summed E-state index contributed by atoms with van der Waals surface area (Å²) in [4.78, 5) is 4.34. The van der Waals surface area contributed by atoms with Crippen LogP contribution >= 0.6 is 11.6 Å². The Morgan fingerprint density at radius 1 is 1.20 bits per heavy atom. The van der Waals surface area contributed by atoms with Crippen LogP contribution in [-0.4, -0.2) is 9.55 Å². The Hall–Kier alpha value is -1.28. The van der Waals surface area contributed by atoms with E-state index in [-0.39, 0.29) is 0 Å². The standard InChI is InChI=1S/C12H13ClN2/c1-9(2)15-11(13)8-14-12(15)10-6-4-3-5-7-10/h3-9H,1-2H3. The highest BCUT2D eigenvalue weighted by Crippen LogP contribution is 2.25. The third-order valence-corrected chi connectivity index (χ3v) is 2.58. The van der Waals surface area contributed by atoms with Crippen LogP contribution in [0.1, 0.15) is 19.9 Å². The molecule has 0 saturated heterocycles. The minimum atomic E-state index is 0.315. The van der Waals surface area contributed by atoms with Gasteiger partial charge in [-0.3, -0.25) is 0 Å². The number of nitrogens with zero attached hydrogens (tertiary/aromatic N) is 2. The van der Waals surface area contributed by atoms with Gasteiger partial charge in [0, 0.05) is 11.6 Å². The number of rotatable bonds is 2. The van der Waals surface area contributed by atoms with Gasteiger partial charge >= 0.3 is 0 Å². The molecule has 2 nitrogen and oxygen atoms in total. The van der Waals surface area contributed by atoms with Gasteiger partial charge in [0.15, 0.2) is 0 Å². The second-order valence-electron chi connectivity index (χ2n) is 3.73. The van der Waals surface area contributed by atoms with Crippen molar-refractivity contribution in [1.29, 1.82) is 0 Å². The van der Waals surface area contributed by atoms with E-state index in [1.54, 1.807) is 6.20 Å². The monoisotopic (exact) mass is 220 g/mol. The fraction of sp³-hybridized carbons (Fsp3) is 0.250. The van der Waals surface area contributed by atoms with Gasteiger partial charge in [-0.05, 0) is 13.8 Å². The molecule has 0 amide bonds. The minimum Gasteiger partial charge on any atom is -0.313 e. The van der Waals surface area contributed by atoms with Crippen LogP contribution in [0.5, 0.6) is 0 Å². The third-order valence-electron chi connectivity index (χ3n) is 2.30. The smallest absolute Gasteiger partial charge is 0.141 e. The van der Waals surface area contributed by atoms with Gasteiger partial charge in [0.1, 0.15) is 11.0 Å². The van der Waals surface area contributed by atoms with Crippen molar-refractivity contribution in [2.75, 3.05) is 0 Å². The maximum atomic E-state index is 6.09. The summed E-state index contributed by atoms with van der Waals surface area (Å²) >= 11 is 6.09. The highest BCUT2D eigenvalue weighted by atomic mass is 35.5. The topological polar surface area (TPSA) is 17.8 Å². The average molecular weight is 221 g/mol. The predicted molar refractivity (Wildman–Crippen MR) is 63.1 cm³/mol. The van der Waals surface area contributed by atoms with E-state index in [9.17, 15) is 0 Å². The summed E-state index contributed by atoms with van der Waals surface area (Å²) in [5.41, 5.74) is 1.10. The molecule has 0 radical (unpaired) electrons. The van der Waals surface area contributed by atoms with Crippen LogP contribution in [0.2, 0.25) is 5.15 Å². The average Bonchev–Trinajstić information content (AvgIpc) is 2.61. The van der Waals surface area contributed by atoms with Crippen molar-refractivity contribution in [2.24, 2.45) is 0 Å². The fourth-order valence-electron chi connectivity index (χ4n) is 1.63. The lowest BCUT2D eigenvalue weighted by atomic mass is 10.2. The number of imidazole rings is 1. The lowest BCUT2D eigenvalue weighted by Gasteiger charge is -2.12. The Kier molecular flexibility index (Phi) is 2.78. The van der Waals surface area contributed by atoms with E-state index < -0.39 is 0 Å². The first-order valence-corrected chi connectivity index (χ1v) is 5.36. The molecule has 0 N–H and O–H groups in total. The predicted octanol–water partition coefficient (Wildman–Crippen LogP) is 3.78. The molecule has 0 aliphatic rings. The largest absolute Gasteiger partial charge is 0.313 e. The molecule has 0 aliphatic carbocycles. The number of hydrogen-bond donors (Lipinski definition) is 0. The zero-order valence-corrected chi connectivity index (χ0v) is 9.57. The van der Waals surface area contributed by atoms with Gasteiger partial charge in [-0.25, -0.2) is 4.98 Å². The molecule has 0 aliphatic heterocycles. The second kappa shape index (κ2) is 4.07. The van der Waals surface area contributed by atoms with Crippen molar-refractivity contribution in [2.45, 2.75) is 19.9 Å². The van der Waals surface area contributed by atoms with Gasteiger partial charge in [0.25, 0.3) is 0 Å². The van der Waals surface area contributed by atoms with Gasteiger partial charge in [0.2, 0.25) is 0 Å². The highest BCUT2D eigenvalue weighted by Gasteiger charge is 2.12. The van der Waals surface area contributed by atoms with E-state index in [2.05, 4.69) is 18.8 Å². The van der Waals surface area contributed by atoms with Crippen molar-refractivity contribution >= 4 is 11.6 Å². The zero-order valence-electron chi connectivity index (χ0n) is 8.81. The molecular formula is C12H13ClN2. The highest BCUT2D eigenvalue weighted by molar-refractivity contribution is 6.29. The first kappa shape index (κ1) is 10.2. The van der Waals surface area contributed by atoms with Crippen LogP contribution < -0.4 is 0 Å². The normalized spacial score (nSPS) is 10.9. The maximum Gasteiger partial charge on any atom is 0.141 e. The molecule has 15 heavy (non-hydrogen) atoms. The molecule has 0 spiro atoms. The Labute approximate surface area is 94.5 Å². The Morgan fingerprint density at radius 2 is 1.87 bits per heavy atom. The summed E-state index contributed by atoms with van der Waals surface area (Å²) in [7, 11) is 0. The zero-order chi connectivity index (χ0) is 10.8. The maximum absolute atomic E-state index is 6.09. The number of halogens is 1. The first-order valence-electron chi connectivity index (χ1n) is 4.98. The van der Waals surface area contributed by atoms with Crippen molar-refractivity contribution < 1.29 is 0 Å². The molecule has 3 heteroatoms. The van der Waals surface area contributed by atoms with Gasteiger partial charge in [-0.2, -0.15) is 0 Å². The summed E-state index contributed by atoms with van der Waals surface area (Å²) < 4.78 is 2.02. The van der Waals surface area contributed by atoms with Crippen LogP contribution in [0.4, 0.5) is 0 Å². The van der Waals surface area contributed by atoms with Crippen LogP contribution in [0.15, 0.2) is 36.5 Å². The van der Waals surface area contributed by atoms with E-state index in [1.807, 2.05) is 34.9 Å². The number of benzene rings is 1. The quantitative estimate of drug-likeness (QED) is 0.753. The Balaban J connectivity index is 2.54. The third kappa shape index (κ3) is 1.90. The molecule has 1 aromatic carbocycles. The van der Waals surface area contributed by atoms with E-state index in [4.69, 9.17) is 11.6 Å².